The third-order valence-electron chi connectivity index (χ3n) is 7.37. The minimum atomic E-state index is -4.66. The van der Waals surface area contributed by atoms with Crippen LogP contribution in [0, 0.1) is 0 Å². The van der Waals surface area contributed by atoms with E-state index in [4.69, 9.17) is 24.1 Å². The number of cyclic esters (lactones) is 1. The number of aryl methyl sites for hydroxylation is 1. The molecule has 4 rings (SSSR count). The first-order valence-corrected chi connectivity index (χ1v) is 16.0. The van der Waals surface area contributed by atoms with Gasteiger partial charge in [0.05, 0.1) is 23.6 Å². The number of hydrogen-bond acceptors (Lipinski definition) is 7. The van der Waals surface area contributed by atoms with Gasteiger partial charge < -0.3 is 23.8 Å². The van der Waals surface area contributed by atoms with Crippen LogP contribution in [0.2, 0.25) is 0 Å². The van der Waals surface area contributed by atoms with E-state index < -0.39 is 32.4 Å². The minimum absolute atomic E-state index is 0.267. The van der Waals surface area contributed by atoms with Crippen molar-refractivity contribution in [2.24, 2.45) is 5.14 Å². The number of amides is 1. The third kappa shape index (κ3) is 9.56. The summed E-state index contributed by atoms with van der Waals surface area (Å²) in [4.78, 5) is 13.6. The zero-order valence-electron chi connectivity index (χ0n) is 24.5. The van der Waals surface area contributed by atoms with Crippen LogP contribution < -0.4 is 9.88 Å². The molecule has 2 aliphatic rings. The summed E-state index contributed by atoms with van der Waals surface area (Å²) in [5.74, 6) is 0.114. The molecule has 0 bridgehead atoms. The fraction of sp³-hybridized carbons (Fsp3) is 0.567. The molecule has 2 heterocycles. The molecular formula is C30H39F3N2O7S. The van der Waals surface area contributed by atoms with Crippen molar-refractivity contribution in [2.45, 2.75) is 88.4 Å². The summed E-state index contributed by atoms with van der Waals surface area (Å²) in [6.07, 6.45) is -0.276. The van der Waals surface area contributed by atoms with Gasteiger partial charge >= 0.3 is 12.3 Å². The van der Waals surface area contributed by atoms with Gasteiger partial charge in [-0.2, -0.15) is 13.2 Å². The molecule has 43 heavy (non-hydrogen) atoms. The van der Waals surface area contributed by atoms with Crippen LogP contribution in [0.1, 0.15) is 80.7 Å². The van der Waals surface area contributed by atoms with Crippen LogP contribution in [0.15, 0.2) is 41.3 Å². The quantitative estimate of drug-likeness (QED) is 0.252. The van der Waals surface area contributed by atoms with Crippen LogP contribution >= 0.6 is 0 Å². The van der Waals surface area contributed by atoms with Crippen molar-refractivity contribution >= 4 is 16.1 Å². The monoisotopic (exact) mass is 628 g/mol. The van der Waals surface area contributed by atoms with Gasteiger partial charge in [0.25, 0.3) is 0 Å². The number of fused-ring (bicyclic) bond motifs is 1. The second-order valence-electron chi connectivity index (χ2n) is 11.4. The Kier molecular flexibility index (Phi) is 10.6. The maximum absolute atomic E-state index is 13.1. The molecule has 238 valence electrons. The topological polar surface area (TPSA) is 117 Å². The number of nitrogens with zero attached hydrogens (tertiary/aromatic N) is 1. The summed E-state index contributed by atoms with van der Waals surface area (Å²) in [7, 11) is -4.25. The molecule has 9 nitrogen and oxygen atoms in total. The molecular weight excluding hydrogens is 589 g/mol. The summed E-state index contributed by atoms with van der Waals surface area (Å²) in [6.45, 7) is 6.30. The molecule has 0 spiro atoms. The number of rotatable bonds is 14. The van der Waals surface area contributed by atoms with Crippen molar-refractivity contribution in [2.75, 3.05) is 26.3 Å². The van der Waals surface area contributed by atoms with Gasteiger partial charge in [-0.1, -0.05) is 18.9 Å². The number of hydrogen-bond donors (Lipinski definition) is 1. The van der Waals surface area contributed by atoms with Crippen LogP contribution in [-0.4, -0.2) is 51.5 Å². The van der Waals surface area contributed by atoms with Gasteiger partial charge in [-0.3, -0.25) is 0 Å². The van der Waals surface area contributed by atoms with E-state index >= 15 is 0 Å². The molecule has 1 fully saturated rings. The number of carbonyl (C=O) groups excluding carboxylic acids is 1. The molecule has 0 radical (unpaired) electrons. The summed E-state index contributed by atoms with van der Waals surface area (Å²) < 4.78 is 85.3. The van der Waals surface area contributed by atoms with Crippen molar-refractivity contribution in [3.63, 3.8) is 0 Å². The number of unbranched alkanes of at least 4 members (excludes halogenated alkanes) is 4. The Morgan fingerprint density at radius 3 is 2.47 bits per heavy atom. The number of halogens is 3. The lowest BCUT2D eigenvalue weighted by atomic mass is 10.0. The van der Waals surface area contributed by atoms with Crippen LogP contribution in [0.25, 0.3) is 0 Å². The first-order valence-electron chi connectivity index (χ1n) is 14.4. The standard InChI is InChI=1S/C30H39F3N2O7S/c1-29(2)40-20-23-17-22(10-11-26(23)42-29)27-19-35(28(36)41-27)12-6-3-4-7-13-39-14-8-5-9-21-15-24(30(31,32)33)18-25(16-21)43(34,37)38/h10-11,15-18,27H,3-9,12-14,19-20H2,1-2H3,(H2,34,37,38). The Labute approximate surface area is 250 Å². The second kappa shape index (κ2) is 13.8. The molecule has 0 aliphatic carbocycles. The number of carbonyl (C=O) groups is 1. The second-order valence-corrected chi connectivity index (χ2v) is 12.9. The van der Waals surface area contributed by atoms with Crippen LogP contribution in [0.3, 0.4) is 0 Å². The summed E-state index contributed by atoms with van der Waals surface area (Å²) in [5.41, 5.74) is 1.09. The Bertz CT molecular complexity index is 1380. The lowest BCUT2D eigenvalue weighted by Gasteiger charge is -2.32. The van der Waals surface area contributed by atoms with E-state index in [-0.39, 0.29) is 24.2 Å². The molecule has 2 aromatic carbocycles. The number of sulfonamides is 1. The lowest BCUT2D eigenvalue weighted by molar-refractivity contribution is -0.180. The van der Waals surface area contributed by atoms with Gasteiger partial charge in [0.1, 0.15) is 11.9 Å². The number of nitrogens with two attached hydrogens (primary N) is 1. The van der Waals surface area contributed by atoms with Crippen molar-refractivity contribution in [1.29, 1.82) is 0 Å². The highest BCUT2D eigenvalue weighted by Crippen LogP contribution is 2.35. The summed E-state index contributed by atoms with van der Waals surface area (Å²) in [5, 5.41) is 5.04. The smallest absolute Gasteiger partial charge is 0.416 e. The van der Waals surface area contributed by atoms with E-state index in [0.29, 0.717) is 51.8 Å². The van der Waals surface area contributed by atoms with Gasteiger partial charge in [0, 0.05) is 39.2 Å². The average molecular weight is 629 g/mol. The molecule has 1 amide bonds. The minimum Gasteiger partial charge on any atom is -0.463 e. The number of primary sulfonamides is 1. The number of alkyl halides is 3. The summed E-state index contributed by atoms with van der Waals surface area (Å²) >= 11 is 0. The molecule has 13 heteroatoms. The normalized spacial score (nSPS) is 18.3. The molecule has 1 saturated heterocycles. The first-order chi connectivity index (χ1) is 20.2. The molecule has 2 aliphatic heterocycles. The molecule has 2 aromatic rings. The Hall–Kier alpha value is -2.87. The third-order valence-corrected chi connectivity index (χ3v) is 8.26. The fourth-order valence-electron chi connectivity index (χ4n) is 5.05. The van der Waals surface area contributed by atoms with Crippen molar-refractivity contribution in [3.05, 3.63) is 58.7 Å². The Balaban J connectivity index is 1.07. The van der Waals surface area contributed by atoms with Crippen LogP contribution in [0.5, 0.6) is 5.75 Å². The molecule has 2 N–H and O–H groups in total. The molecule has 1 unspecified atom stereocenters. The molecule has 1 atom stereocenters. The zero-order chi connectivity index (χ0) is 31.3. The van der Waals surface area contributed by atoms with Gasteiger partial charge in [-0.15, -0.1) is 0 Å². The fourth-order valence-corrected chi connectivity index (χ4v) is 5.66. The molecule has 0 aromatic heterocycles. The van der Waals surface area contributed by atoms with Gasteiger partial charge in [0.2, 0.25) is 15.8 Å². The van der Waals surface area contributed by atoms with Crippen molar-refractivity contribution in [1.82, 2.24) is 4.90 Å². The van der Waals surface area contributed by atoms with Gasteiger partial charge in [-0.25, -0.2) is 18.4 Å². The Morgan fingerprint density at radius 1 is 1.02 bits per heavy atom. The van der Waals surface area contributed by atoms with Crippen LogP contribution in [-0.2, 0) is 43.4 Å². The average Bonchev–Trinajstić information content (AvgIpc) is 3.30. The highest BCUT2D eigenvalue weighted by molar-refractivity contribution is 7.89. The SMILES string of the molecule is CC1(C)OCc2cc(C3CN(CCCCCCOCCCCc4cc(C(F)(F)F)cc(S(N)(=O)=O)c4)C(=O)O3)ccc2O1. The highest BCUT2D eigenvalue weighted by Gasteiger charge is 2.34. The van der Waals surface area contributed by atoms with Gasteiger partial charge in [0.15, 0.2) is 0 Å². The van der Waals surface area contributed by atoms with Crippen molar-refractivity contribution in [3.8, 4) is 5.75 Å². The first kappa shape index (κ1) is 33.0. The maximum atomic E-state index is 13.1. The molecule has 0 saturated carbocycles. The predicted molar refractivity (Wildman–Crippen MR) is 152 cm³/mol. The van der Waals surface area contributed by atoms with E-state index in [2.05, 4.69) is 0 Å². The zero-order valence-corrected chi connectivity index (χ0v) is 25.3. The van der Waals surface area contributed by atoms with Crippen LogP contribution in [0.4, 0.5) is 18.0 Å². The lowest BCUT2D eigenvalue weighted by Crippen LogP contribution is -2.35. The Morgan fingerprint density at radius 2 is 1.74 bits per heavy atom. The maximum Gasteiger partial charge on any atom is 0.416 e. The van der Waals surface area contributed by atoms with E-state index in [0.717, 1.165) is 48.6 Å². The van der Waals surface area contributed by atoms with E-state index in [1.54, 1.807) is 4.90 Å². The largest absolute Gasteiger partial charge is 0.463 e. The number of benzene rings is 2. The number of ether oxygens (including phenoxy) is 4. The summed E-state index contributed by atoms with van der Waals surface area (Å²) in [6, 6.07) is 8.50. The van der Waals surface area contributed by atoms with E-state index in [1.807, 2.05) is 32.0 Å². The van der Waals surface area contributed by atoms with Gasteiger partial charge in [-0.05, 0) is 73.6 Å². The highest BCUT2D eigenvalue weighted by atomic mass is 32.2. The predicted octanol–water partition coefficient (Wildman–Crippen LogP) is 6.09. The van der Waals surface area contributed by atoms with E-state index in [9.17, 15) is 26.4 Å². The van der Waals surface area contributed by atoms with Crippen molar-refractivity contribution < 1.29 is 45.3 Å². The van der Waals surface area contributed by atoms with E-state index in [1.165, 1.54) is 6.07 Å².